The largest absolute Gasteiger partial charge is 0.423 e. The van der Waals surface area contributed by atoms with Crippen molar-refractivity contribution < 1.29 is 23.6 Å². The lowest BCUT2D eigenvalue weighted by molar-refractivity contribution is -0.384. The average Bonchev–Trinajstić information content (AvgIpc) is 2.73. The zero-order chi connectivity index (χ0) is 21.3. The van der Waals surface area contributed by atoms with Gasteiger partial charge in [0.1, 0.15) is 12.4 Å². The Morgan fingerprint density at radius 1 is 1.10 bits per heavy atom. The van der Waals surface area contributed by atoms with Crippen molar-refractivity contribution >= 4 is 28.9 Å². The summed E-state index contributed by atoms with van der Waals surface area (Å²) < 4.78 is 18.2. The molecule has 0 aromatic heterocycles. The third-order valence-corrected chi connectivity index (χ3v) is 5.19. The third-order valence-electron chi connectivity index (χ3n) is 5.19. The van der Waals surface area contributed by atoms with E-state index in [1.165, 1.54) is 30.3 Å². The summed E-state index contributed by atoms with van der Waals surface area (Å²) in [5.74, 6) is -0.933. The molecule has 0 aliphatic carbocycles. The first-order valence-electron chi connectivity index (χ1n) is 9.43. The number of esters is 1. The maximum atomic E-state index is 13.1. The number of anilines is 2. The number of ether oxygens (including phenoxy) is 1. The van der Waals surface area contributed by atoms with Crippen LogP contribution in [-0.2, 0) is 9.59 Å². The molecular formula is C20H19FN4O5. The molecule has 9 nitrogen and oxygen atoms in total. The van der Waals surface area contributed by atoms with E-state index < -0.39 is 10.9 Å². The van der Waals surface area contributed by atoms with E-state index in [-0.39, 0.29) is 36.3 Å². The Morgan fingerprint density at radius 3 is 2.47 bits per heavy atom. The lowest BCUT2D eigenvalue weighted by Gasteiger charge is -2.37. The van der Waals surface area contributed by atoms with E-state index in [0.29, 0.717) is 31.9 Å². The third kappa shape index (κ3) is 4.02. The molecular weight excluding hydrogens is 395 g/mol. The van der Waals surface area contributed by atoms with Gasteiger partial charge in [0.2, 0.25) is 5.91 Å². The lowest BCUT2D eigenvalue weighted by Crippen LogP contribution is -2.52. The van der Waals surface area contributed by atoms with E-state index in [4.69, 9.17) is 4.74 Å². The van der Waals surface area contributed by atoms with Gasteiger partial charge in [-0.05, 0) is 30.3 Å². The molecule has 30 heavy (non-hydrogen) atoms. The van der Waals surface area contributed by atoms with Crippen LogP contribution in [0.25, 0.3) is 0 Å². The molecule has 0 saturated carbocycles. The van der Waals surface area contributed by atoms with E-state index in [9.17, 15) is 24.1 Å². The van der Waals surface area contributed by atoms with E-state index in [1.54, 1.807) is 21.9 Å². The van der Waals surface area contributed by atoms with Crippen molar-refractivity contribution in [2.24, 2.45) is 0 Å². The Kier molecular flexibility index (Phi) is 5.21. The van der Waals surface area contributed by atoms with Crippen molar-refractivity contribution in [3.05, 3.63) is 58.4 Å². The fraction of sp³-hybridized carbons (Fsp3) is 0.300. The molecule has 0 unspecified atom stereocenters. The number of non-ortho nitro benzene ring substituents is 1. The number of halogens is 1. The van der Waals surface area contributed by atoms with Crippen LogP contribution in [0.5, 0.6) is 5.75 Å². The van der Waals surface area contributed by atoms with Crippen molar-refractivity contribution in [3.8, 4) is 5.75 Å². The number of piperazine rings is 1. The first-order valence-corrected chi connectivity index (χ1v) is 9.43. The number of fused-ring (bicyclic) bond motifs is 1. The van der Waals surface area contributed by atoms with Crippen molar-refractivity contribution in [1.82, 2.24) is 4.90 Å². The fourth-order valence-electron chi connectivity index (χ4n) is 3.63. The van der Waals surface area contributed by atoms with Gasteiger partial charge in [-0.2, -0.15) is 0 Å². The monoisotopic (exact) mass is 414 g/mol. The van der Waals surface area contributed by atoms with E-state index in [1.807, 2.05) is 0 Å². The zero-order valence-corrected chi connectivity index (χ0v) is 16.0. The normalized spacial score (nSPS) is 16.2. The van der Waals surface area contributed by atoms with Gasteiger partial charge >= 0.3 is 5.97 Å². The van der Waals surface area contributed by atoms with Gasteiger partial charge in [-0.25, -0.2) is 9.18 Å². The highest BCUT2D eigenvalue weighted by molar-refractivity contribution is 5.89. The van der Waals surface area contributed by atoms with Crippen molar-refractivity contribution in [1.29, 1.82) is 0 Å². The Labute approximate surface area is 171 Å². The van der Waals surface area contributed by atoms with Crippen LogP contribution >= 0.6 is 0 Å². The standard InChI is InChI=1S/C20H19FN4O5/c21-14-1-3-15(4-2-14)22-7-9-23(10-8-22)19(26)12-24-13-20(27)30-18-11-16(25(28)29)5-6-17(18)24/h1-6,11H,7-10,12-13H2. The molecule has 1 fully saturated rings. The molecule has 4 rings (SSSR count). The first kappa shape index (κ1) is 19.6. The summed E-state index contributed by atoms with van der Waals surface area (Å²) in [5, 5.41) is 10.9. The topological polar surface area (TPSA) is 96.2 Å². The summed E-state index contributed by atoms with van der Waals surface area (Å²) >= 11 is 0. The van der Waals surface area contributed by atoms with Crippen LogP contribution in [0, 0.1) is 15.9 Å². The van der Waals surface area contributed by atoms with Crippen molar-refractivity contribution in [2.75, 3.05) is 49.1 Å². The summed E-state index contributed by atoms with van der Waals surface area (Å²) in [5.41, 5.74) is 1.18. The molecule has 0 atom stereocenters. The summed E-state index contributed by atoms with van der Waals surface area (Å²) in [6, 6.07) is 10.2. The molecule has 2 aromatic carbocycles. The van der Waals surface area contributed by atoms with Crippen LogP contribution in [-0.4, -0.2) is 61.0 Å². The number of rotatable bonds is 4. The number of nitrogens with zero attached hydrogens (tertiary/aromatic N) is 4. The fourth-order valence-corrected chi connectivity index (χ4v) is 3.63. The number of carbonyl (C=O) groups excluding carboxylic acids is 2. The second-order valence-corrected chi connectivity index (χ2v) is 7.08. The second kappa shape index (κ2) is 7.97. The second-order valence-electron chi connectivity index (χ2n) is 7.08. The minimum Gasteiger partial charge on any atom is -0.423 e. The molecule has 10 heteroatoms. The molecule has 156 valence electrons. The van der Waals surface area contributed by atoms with Crippen LogP contribution in [0.2, 0.25) is 0 Å². The Balaban J connectivity index is 1.40. The van der Waals surface area contributed by atoms with Crippen LogP contribution < -0.4 is 14.5 Å². The molecule has 0 bridgehead atoms. The number of hydrogen-bond donors (Lipinski definition) is 0. The van der Waals surface area contributed by atoms with Gasteiger partial charge in [0.15, 0.2) is 5.75 Å². The number of benzene rings is 2. The van der Waals surface area contributed by atoms with Gasteiger partial charge in [0.25, 0.3) is 5.69 Å². The highest BCUT2D eigenvalue weighted by Crippen LogP contribution is 2.35. The molecule has 0 N–H and O–H groups in total. The minimum absolute atomic E-state index is 0.0313. The predicted octanol–water partition coefficient (Wildman–Crippen LogP) is 1.81. The van der Waals surface area contributed by atoms with Crippen LogP contribution in [0.4, 0.5) is 21.5 Å². The highest BCUT2D eigenvalue weighted by atomic mass is 19.1. The lowest BCUT2D eigenvalue weighted by atomic mass is 10.2. The molecule has 2 heterocycles. The van der Waals surface area contributed by atoms with Crippen LogP contribution in [0.15, 0.2) is 42.5 Å². The molecule has 2 aromatic rings. The highest BCUT2D eigenvalue weighted by Gasteiger charge is 2.30. The Hall–Kier alpha value is -3.69. The van der Waals surface area contributed by atoms with Gasteiger partial charge < -0.3 is 19.4 Å². The minimum atomic E-state index is -0.572. The number of carbonyl (C=O) groups is 2. The molecule has 2 aliphatic rings. The van der Waals surface area contributed by atoms with Gasteiger partial charge in [0.05, 0.1) is 23.2 Å². The summed E-state index contributed by atoms with van der Waals surface area (Å²) in [6.07, 6.45) is 0. The maximum absolute atomic E-state index is 13.1. The summed E-state index contributed by atoms with van der Waals surface area (Å²) in [7, 11) is 0. The quantitative estimate of drug-likeness (QED) is 0.326. The predicted molar refractivity (Wildman–Crippen MR) is 106 cm³/mol. The number of hydrogen-bond acceptors (Lipinski definition) is 7. The maximum Gasteiger partial charge on any atom is 0.331 e. The van der Waals surface area contributed by atoms with E-state index in [0.717, 1.165) is 5.69 Å². The van der Waals surface area contributed by atoms with E-state index >= 15 is 0 Å². The van der Waals surface area contributed by atoms with E-state index in [2.05, 4.69) is 4.90 Å². The number of nitro benzene ring substituents is 1. The van der Waals surface area contributed by atoms with Crippen molar-refractivity contribution in [2.45, 2.75) is 0 Å². The number of nitro groups is 1. The first-order chi connectivity index (χ1) is 14.4. The molecule has 0 spiro atoms. The Morgan fingerprint density at radius 2 is 1.80 bits per heavy atom. The molecule has 0 radical (unpaired) electrons. The SMILES string of the molecule is O=C1CN(CC(=O)N2CCN(c3ccc(F)cc3)CC2)c2ccc([N+](=O)[O-])cc2O1. The van der Waals surface area contributed by atoms with Crippen LogP contribution in [0.3, 0.4) is 0 Å². The van der Waals surface area contributed by atoms with Crippen molar-refractivity contribution in [3.63, 3.8) is 0 Å². The van der Waals surface area contributed by atoms with Crippen LogP contribution in [0.1, 0.15) is 0 Å². The Bertz CT molecular complexity index is 989. The smallest absolute Gasteiger partial charge is 0.331 e. The molecule has 1 amide bonds. The number of amides is 1. The van der Waals surface area contributed by atoms with Gasteiger partial charge in [-0.1, -0.05) is 0 Å². The average molecular weight is 414 g/mol. The summed E-state index contributed by atoms with van der Waals surface area (Å²) in [6.45, 7) is 2.09. The molecule has 1 saturated heterocycles. The summed E-state index contributed by atoms with van der Waals surface area (Å²) in [4.78, 5) is 40.4. The van der Waals surface area contributed by atoms with Gasteiger partial charge in [-0.15, -0.1) is 0 Å². The van der Waals surface area contributed by atoms with Gasteiger partial charge in [0, 0.05) is 37.9 Å². The molecule has 2 aliphatic heterocycles. The zero-order valence-electron chi connectivity index (χ0n) is 16.0. The van der Waals surface area contributed by atoms with Gasteiger partial charge in [-0.3, -0.25) is 14.9 Å².